The number of nitrogens with one attached hydrogen (secondary N) is 1. The van der Waals surface area contributed by atoms with E-state index in [1.54, 1.807) is 6.08 Å². The van der Waals surface area contributed by atoms with Crippen LogP contribution in [-0.4, -0.2) is 12.5 Å². The first-order chi connectivity index (χ1) is 11.1. The van der Waals surface area contributed by atoms with Gasteiger partial charge in [-0.1, -0.05) is 19.1 Å². The molecule has 0 aliphatic rings. The number of rotatable bonds is 6. The number of ether oxygens (including phenoxy) is 1. The van der Waals surface area contributed by atoms with Crippen LogP contribution >= 0.6 is 0 Å². The van der Waals surface area contributed by atoms with Gasteiger partial charge in [0.25, 0.3) is 0 Å². The molecule has 2 aromatic rings. The lowest BCUT2D eigenvalue weighted by molar-refractivity contribution is -0.111. The summed E-state index contributed by atoms with van der Waals surface area (Å²) < 4.78 is 31.3. The predicted octanol–water partition coefficient (Wildman–Crippen LogP) is 4.41. The van der Waals surface area contributed by atoms with Gasteiger partial charge in [0.05, 0.1) is 6.61 Å². The SMILES string of the molecule is CCCOc1ccc(/C=C/C(=O)Nc2ccc(F)c(F)c2)cc1. The Kier molecular flexibility index (Phi) is 5.86. The van der Waals surface area contributed by atoms with Crippen molar-refractivity contribution in [2.24, 2.45) is 0 Å². The van der Waals surface area contributed by atoms with Gasteiger partial charge in [0, 0.05) is 17.8 Å². The fraction of sp³-hybridized carbons (Fsp3) is 0.167. The molecule has 0 aromatic heterocycles. The molecule has 1 N–H and O–H groups in total. The Hall–Kier alpha value is -2.69. The molecule has 0 fully saturated rings. The minimum absolute atomic E-state index is 0.196. The highest BCUT2D eigenvalue weighted by molar-refractivity contribution is 6.01. The first kappa shape index (κ1) is 16.7. The molecule has 1 amide bonds. The third-order valence-corrected chi connectivity index (χ3v) is 2.97. The monoisotopic (exact) mass is 317 g/mol. The highest BCUT2D eigenvalue weighted by Gasteiger charge is 2.04. The maximum Gasteiger partial charge on any atom is 0.248 e. The Morgan fingerprint density at radius 1 is 1.13 bits per heavy atom. The summed E-state index contributed by atoms with van der Waals surface area (Å²) in [4.78, 5) is 11.8. The predicted molar refractivity (Wildman–Crippen MR) is 86.2 cm³/mol. The summed E-state index contributed by atoms with van der Waals surface area (Å²) in [6.07, 6.45) is 3.88. The first-order valence-corrected chi connectivity index (χ1v) is 7.25. The summed E-state index contributed by atoms with van der Waals surface area (Å²) in [5.41, 5.74) is 1.02. The molecule has 0 aliphatic carbocycles. The van der Waals surface area contributed by atoms with Gasteiger partial charge in [-0.2, -0.15) is 0 Å². The Morgan fingerprint density at radius 2 is 1.87 bits per heavy atom. The van der Waals surface area contributed by atoms with E-state index in [1.807, 2.05) is 31.2 Å². The molecule has 0 bridgehead atoms. The Labute approximate surface area is 133 Å². The number of benzene rings is 2. The van der Waals surface area contributed by atoms with Crippen molar-refractivity contribution in [3.05, 3.63) is 65.7 Å². The van der Waals surface area contributed by atoms with Crippen LogP contribution in [0.1, 0.15) is 18.9 Å². The van der Waals surface area contributed by atoms with Crippen molar-refractivity contribution in [2.45, 2.75) is 13.3 Å². The van der Waals surface area contributed by atoms with Crippen LogP contribution in [0.15, 0.2) is 48.5 Å². The molecule has 0 radical (unpaired) electrons. The molecule has 0 aliphatic heterocycles. The van der Waals surface area contributed by atoms with Gasteiger partial charge in [0.2, 0.25) is 5.91 Å². The molecule has 2 aromatic carbocycles. The Bertz CT molecular complexity index is 697. The molecular weight excluding hydrogens is 300 g/mol. The van der Waals surface area contributed by atoms with Gasteiger partial charge < -0.3 is 10.1 Å². The van der Waals surface area contributed by atoms with Crippen molar-refractivity contribution in [1.82, 2.24) is 0 Å². The van der Waals surface area contributed by atoms with E-state index in [9.17, 15) is 13.6 Å². The number of carbonyl (C=O) groups excluding carboxylic acids is 1. The zero-order chi connectivity index (χ0) is 16.7. The van der Waals surface area contributed by atoms with E-state index in [0.717, 1.165) is 29.9 Å². The topological polar surface area (TPSA) is 38.3 Å². The van der Waals surface area contributed by atoms with E-state index < -0.39 is 17.5 Å². The third kappa shape index (κ3) is 5.21. The molecule has 0 unspecified atom stereocenters. The maximum atomic E-state index is 13.1. The maximum absolute atomic E-state index is 13.1. The standard InChI is InChI=1S/C18H17F2NO2/c1-2-11-23-15-7-3-13(4-8-15)5-10-18(22)21-14-6-9-16(19)17(20)12-14/h3-10,12H,2,11H2,1H3,(H,21,22)/b10-5+. The van der Waals surface area contributed by atoms with Crippen molar-refractivity contribution in [3.8, 4) is 5.75 Å². The van der Waals surface area contributed by atoms with Crippen LogP contribution in [0.2, 0.25) is 0 Å². The molecule has 23 heavy (non-hydrogen) atoms. The largest absolute Gasteiger partial charge is 0.494 e. The minimum Gasteiger partial charge on any atom is -0.494 e. The quantitative estimate of drug-likeness (QED) is 0.802. The second kappa shape index (κ2) is 8.08. The van der Waals surface area contributed by atoms with Gasteiger partial charge in [0.15, 0.2) is 11.6 Å². The van der Waals surface area contributed by atoms with Crippen LogP contribution in [0.5, 0.6) is 5.75 Å². The van der Waals surface area contributed by atoms with Gasteiger partial charge >= 0.3 is 0 Å². The second-order valence-corrected chi connectivity index (χ2v) is 4.87. The highest BCUT2D eigenvalue weighted by atomic mass is 19.2. The second-order valence-electron chi connectivity index (χ2n) is 4.87. The van der Waals surface area contributed by atoms with Crippen molar-refractivity contribution in [1.29, 1.82) is 0 Å². The van der Waals surface area contributed by atoms with Gasteiger partial charge in [-0.05, 0) is 42.3 Å². The van der Waals surface area contributed by atoms with Crippen LogP contribution in [0.3, 0.4) is 0 Å². The average molecular weight is 317 g/mol. The summed E-state index contributed by atoms with van der Waals surface area (Å²) in [5, 5.41) is 2.46. The molecule has 0 spiro atoms. The van der Waals surface area contributed by atoms with Crippen LogP contribution in [-0.2, 0) is 4.79 Å². The van der Waals surface area contributed by atoms with Crippen molar-refractivity contribution in [3.63, 3.8) is 0 Å². The molecule has 0 heterocycles. The van der Waals surface area contributed by atoms with Crippen LogP contribution < -0.4 is 10.1 Å². The molecule has 0 atom stereocenters. The first-order valence-electron chi connectivity index (χ1n) is 7.25. The normalized spacial score (nSPS) is 10.7. The van der Waals surface area contributed by atoms with E-state index in [-0.39, 0.29) is 5.69 Å². The average Bonchev–Trinajstić information content (AvgIpc) is 2.55. The summed E-state index contributed by atoms with van der Waals surface area (Å²) in [6, 6.07) is 10.5. The molecule has 5 heteroatoms. The molecular formula is C18H17F2NO2. The van der Waals surface area contributed by atoms with Gasteiger partial charge in [0.1, 0.15) is 5.75 Å². The molecule has 120 valence electrons. The van der Waals surface area contributed by atoms with Crippen molar-refractivity contribution < 1.29 is 18.3 Å². The van der Waals surface area contributed by atoms with E-state index in [4.69, 9.17) is 4.74 Å². The van der Waals surface area contributed by atoms with E-state index >= 15 is 0 Å². The van der Waals surface area contributed by atoms with Gasteiger partial charge in [-0.25, -0.2) is 8.78 Å². The molecule has 3 nitrogen and oxygen atoms in total. The lowest BCUT2D eigenvalue weighted by atomic mass is 10.2. The van der Waals surface area contributed by atoms with Crippen LogP contribution in [0.4, 0.5) is 14.5 Å². The van der Waals surface area contributed by atoms with E-state index in [2.05, 4.69) is 5.32 Å². The van der Waals surface area contributed by atoms with Crippen LogP contribution in [0, 0.1) is 11.6 Å². The van der Waals surface area contributed by atoms with Gasteiger partial charge in [-0.3, -0.25) is 4.79 Å². The summed E-state index contributed by atoms with van der Waals surface area (Å²) in [6.45, 7) is 2.69. The number of anilines is 1. The smallest absolute Gasteiger partial charge is 0.248 e. The van der Waals surface area contributed by atoms with E-state index in [1.165, 1.54) is 12.1 Å². The number of hydrogen-bond acceptors (Lipinski definition) is 2. The Morgan fingerprint density at radius 3 is 2.52 bits per heavy atom. The lowest BCUT2D eigenvalue weighted by Gasteiger charge is -2.04. The molecule has 0 saturated heterocycles. The van der Waals surface area contributed by atoms with Crippen molar-refractivity contribution in [2.75, 3.05) is 11.9 Å². The number of halogens is 2. The fourth-order valence-electron chi connectivity index (χ4n) is 1.82. The molecule has 2 rings (SSSR count). The van der Waals surface area contributed by atoms with Crippen molar-refractivity contribution >= 4 is 17.7 Å². The lowest BCUT2D eigenvalue weighted by Crippen LogP contribution is -2.08. The van der Waals surface area contributed by atoms with Gasteiger partial charge in [-0.15, -0.1) is 0 Å². The fourth-order valence-corrected chi connectivity index (χ4v) is 1.82. The molecule has 0 saturated carbocycles. The summed E-state index contributed by atoms with van der Waals surface area (Å²) in [7, 11) is 0. The highest BCUT2D eigenvalue weighted by Crippen LogP contribution is 2.15. The number of hydrogen-bond donors (Lipinski definition) is 1. The third-order valence-electron chi connectivity index (χ3n) is 2.97. The number of carbonyl (C=O) groups is 1. The Balaban J connectivity index is 1.93. The summed E-state index contributed by atoms with van der Waals surface area (Å²) >= 11 is 0. The number of amides is 1. The minimum atomic E-state index is -1.01. The summed E-state index contributed by atoms with van der Waals surface area (Å²) in [5.74, 6) is -1.61. The zero-order valence-corrected chi connectivity index (χ0v) is 12.7. The zero-order valence-electron chi connectivity index (χ0n) is 12.7. The van der Waals surface area contributed by atoms with Crippen LogP contribution in [0.25, 0.3) is 6.08 Å². The van der Waals surface area contributed by atoms with E-state index in [0.29, 0.717) is 6.61 Å².